The van der Waals surface area contributed by atoms with Crippen molar-refractivity contribution in [3.05, 3.63) is 58.2 Å². The predicted molar refractivity (Wildman–Crippen MR) is 112 cm³/mol. The monoisotopic (exact) mass is 429 g/mol. The van der Waals surface area contributed by atoms with Crippen molar-refractivity contribution in [3.63, 3.8) is 0 Å². The standard InChI is InChI=1S/C21H20ClN3O5/c1-3-30-17-10-13(8-15(22)19(17)27)9-16-20(28)25(21(29)24-16)11-18(26)23-14-6-4-12(2)5-7-14/h4-10,27H,3,11H2,1-2H3,(H,23,26)(H,24,29)/b16-9+. The van der Waals surface area contributed by atoms with Gasteiger partial charge < -0.3 is 20.5 Å². The van der Waals surface area contributed by atoms with Crippen LogP contribution in [0.1, 0.15) is 18.1 Å². The van der Waals surface area contributed by atoms with Crippen molar-refractivity contribution in [2.24, 2.45) is 0 Å². The molecule has 3 N–H and O–H groups in total. The highest BCUT2D eigenvalue weighted by Crippen LogP contribution is 2.36. The summed E-state index contributed by atoms with van der Waals surface area (Å²) in [4.78, 5) is 37.8. The molecule has 0 unspecified atom stereocenters. The number of carbonyl (C=O) groups excluding carboxylic acids is 3. The molecule has 9 heteroatoms. The lowest BCUT2D eigenvalue weighted by Gasteiger charge is -2.12. The van der Waals surface area contributed by atoms with E-state index in [1.54, 1.807) is 19.1 Å². The lowest BCUT2D eigenvalue weighted by atomic mass is 10.1. The molecule has 1 aliphatic heterocycles. The molecule has 1 saturated heterocycles. The van der Waals surface area contributed by atoms with Gasteiger partial charge in [0.15, 0.2) is 11.5 Å². The second-order valence-corrected chi connectivity index (χ2v) is 6.98. The third-order valence-electron chi connectivity index (χ3n) is 4.26. The number of hydrogen-bond acceptors (Lipinski definition) is 5. The van der Waals surface area contributed by atoms with Crippen molar-refractivity contribution in [1.82, 2.24) is 10.2 Å². The van der Waals surface area contributed by atoms with Gasteiger partial charge in [-0.3, -0.25) is 9.59 Å². The van der Waals surface area contributed by atoms with Crippen molar-refractivity contribution < 1.29 is 24.2 Å². The van der Waals surface area contributed by atoms with E-state index in [4.69, 9.17) is 16.3 Å². The first-order chi connectivity index (χ1) is 14.3. The Morgan fingerprint density at radius 1 is 1.27 bits per heavy atom. The number of nitrogens with one attached hydrogen (secondary N) is 2. The fraction of sp³-hybridized carbons (Fsp3) is 0.190. The second kappa shape index (κ2) is 8.87. The van der Waals surface area contributed by atoms with E-state index in [1.165, 1.54) is 18.2 Å². The summed E-state index contributed by atoms with van der Waals surface area (Å²) in [5.74, 6) is -1.21. The summed E-state index contributed by atoms with van der Waals surface area (Å²) in [6.45, 7) is 3.55. The Morgan fingerprint density at radius 2 is 1.97 bits per heavy atom. The Balaban J connectivity index is 1.74. The summed E-state index contributed by atoms with van der Waals surface area (Å²) in [6.07, 6.45) is 1.39. The highest BCUT2D eigenvalue weighted by molar-refractivity contribution is 6.32. The Kier molecular flexibility index (Phi) is 6.27. The fourth-order valence-corrected chi connectivity index (χ4v) is 3.02. The van der Waals surface area contributed by atoms with Crippen LogP contribution in [-0.4, -0.2) is 41.0 Å². The Labute approximate surface area is 178 Å². The van der Waals surface area contributed by atoms with Gasteiger partial charge in [-0.25, -0.2) is 9.69 Å². The van der Waals surface area contributed by atoms with Gasteiger partial charge in [0.25, 0.3) is 5.91 Å². The van der Waals surface area contributed by atoms with E-state index in [-0.39, 0.29) is 22.2 Å². The largest absolute Gasteiger partial charge is 0.503 e. The van der Waals surface area contributed by atoms with E-state index in [0.29, 0.717) is 17.9 Å². The lowest BCUT2D eigenvalue weighted by molar-refractivity contribution is -0.127. The topological polar surface area (TPSA) is 108 Å². The number of hydrogen-bond donors (Lipinski definition) is 3. The summed E-state index contributed by atoms with van der Waals surface area (Å²) in [5, 5.41) is 15.0. The Morgan fingerprint density at radius 3 is 2.63 bits per heavy atom. The quantitative estimate of drug-likeness (QED) is 0.482. The highest BCUT2D eigenvalue weighted by atomic mass is 35.5. The Hall–Kier alpha value is -3.52. The predicted octanol–water partition coefficient (Wildman–Crippen LogP) is 3.28. The van der Waals surface area contributed by atoms with Crippen LogP contribution in [0.25, 0.3) is 6.08 Å². The number of ether oxygens (including phenoxy) is 1. The molecule has 3 rings (SSSR count). The molecule has 2 aromatic carbocycles. The van der Waals surface area contributed by atoms with Crippen molar-refractivity contribution >= 4 is 41.2 Å². The fourth-order valence-electron chi connectivity index (χ4n) is 2.81. The van der Waals surface area contributed by atoms with E-state index >= 15 is 0 Å². The average Bonchev–Trinajstić information content (AvgIpc) is 2.95. The number of halogens is 1. The van der Waals surface area contributed by atoms with Crippen LogP contribution < -0.4 is 15.4 Å². The van der Waals surface area contributed by atoms with Gasteiger partial charge in [-0.1, -0.05) is 29.3 Å². The molecule has 2 aromatic rings. The minimum atomic E-state index is -0.708. The molecule has 8 nitrogen and oxygen atoms in total. The van der Waals surface area contributed by atoms with Gasteiger partial charge in [0.1, 0.15) is 12.2 Å². The number of nitrogens with zero attached hydrogens (tertiary/aromatic N) is 1. The van der Waals surface area contributed by atoms with Crippen LogP contribution >= 0.6 is 11.6 Å². The van der Waals surface area contributed by atoms with Crippen molar-refractivity contribution in [2.75, 3.05) is 18.5 Å². The smallest absolute Gasteiger partial charge is 0.329 e. The van der Waals surface area contributed by atoms with Gasteiger partial charge >= 0.3 is 6.03 Å². The van der Waals surface area contributed by atoms with Crippen molar-refractivity contribution in [2.45, 2.75) is 13.8 Å². The van der Waals surface area contributed by atoms with Crippen molar-refractivity contribution in [3.8, 4) is 11.5 Å². The van der Waals surface area contributed by atoms with Gasteiger partial charge in [-0.05, 0) is 49.8 Å². The number of rotatable bonds is 6. The first-order valence-corrected chi connectivity index (χ1v) is 9.52. The number of urea groups is 1. The van der Waals surface area contributed by atoms with Crippen LogP contribution in [0.3, 0.4) is 0 Å². The number of anilines is 1. The minimum Gasteiger partial charge on any atom is -0.503 e. The van der Waals surface area contributed by atoms with Crippen LogP contribution in [0, 0.1) is 6.92 Å². The molecule has 1 aliphatic rings. The zero-order chi connectivity index (χ0) is 21.8. The minimum absolute atomic E-state index is 0.0210. The lowest BCUT2D eigenvalue weighted by Crippen LogP contribution is -2.38. The molecule has 4 amide bonds. The number of phenols is 1. The van der Waals surface area contributed by atoms with Crippen molar-refractivity contribution in [1.29, 1.82) is 0 Å². The SMILES string of the molecule is CCOc1cc(/C=C2/NC(=O)N(CC(=O)Nc3ccc(C)cc3)C2=O)cc(Cl)c1O. The second-order valence-electron chi connectivity index (χ2n) is 6.58. The summed E-state index contributed by atoms with van der Waals surface area (Å²) in [5.41, 5.74) is 2.03. The third-order valence-corrected chi connectivity index (χ3v) is 4.55. The molecular formula is C21H20ClN3O5. The van der Waals surface area contributed by atoms with Crippen LogP contribution in [0.15, 0.2) is 42.1 Å². The van der Waals surface area contributed by atoms with Crippen LogP contribution in [0.2, 0.25) is 5.02 Å². The van der Waals surface area contributed by atoms with E-state index in [0.717, 1.165) is 10.5 Å². The number of phenolic OH excluding ortho intramolecular Hbond substituents is 1. The number of benzene rings is 2. The Bertz CT molecular complexity index is 1030. The van der Waals surface area contributed by atoms with E-state index in [9.17, 15) is 19.5 Å². The average molecular weight is 430 g/mol. The zero-order valence-corrected chi connectivity index (χ0v) is 17.1. The van der Waals surface area contributed by atoms with Gasteiger partial charge in [-0.2, -0.15) is 0 Å². The molecule has 0 spiro atoms. The van der Waals surface area contributed by atoms with Gasteiger partial charge in [0.05, 0.1) is 11.6 Å². The first-order valence-electron chi connectivity index (χ1n) is 9.15. The molecule has 1 heterocycles. The highest BCUT2D eigenvalue weighted by Gasteiger charge is 2.35. The molecule has 0 saturated carbocycles. The number of amides is 4. The van der Waals surface area contributed by atoms with Crippen LogP contribution in [-0.2, 0) is 9.59 Å². The number of carbonyl (C=O) groups is 3. The molecule has 156 valence electrons. The van der Waals surface area contributed by atoms with Gasteiger partial charge in [-0.15, -0.1) is 0 Å². The molecule has 30 heavy (non-hydrogen) atoms. The maximum absolute atomic E-state index is 12.6. The third kappa shape index (κ3) is 4.72. The molecule has 0 atom stereocenters. The molecule has 0 aliphatic carbocycles. The molecule has 0 radical (unpaired) electrons. The van der Waals surface area contributed by atoms with E-state index < -0.39 is 24.4 Å². The molecule has 0 bridgehead atoms. The summed E-state index contributed by atoms with van der Waals surface area (Å²) in [6, 6.07) is 9.35. The number of imide groups is 1. The zero-order valence-electron chi connectivity index (χ0n) is 16.4. The molecular weight excluding hydrogens is 410 g/mol. The summed E-state index contributed by atoms with van der Waals surface area (Å²) >= 11 is 5.99. The van der Waals surface area contributed by atoms with E-state index in [1.807, 2.05) is 19.1 Å². The van der Waals surface area contributed by atoms with Gasteiger partial charge in [0.2, 0.25) is 5.91 Å². The summed E-state index contributed by atoms with van der Waals surface area (Å²) in [7, 11) is 0. The van der Waals surface area contributed by atoms with Crippen LogP contribution in [0.5, 0.6) is 11.5 Å². The van der Waals surface area contributed by atoms with Crippen LogP contribution in [0.4, 0.5) is 10.5 Å². The summed E-state index contributed by atoms with van der Waals surface area (Å²) < 4.78 is 5.31. The number of aromatic hydroxyl groups is 1. The maximum atomic E-state index is 12.6. The normalized spacial score (nSPS) is 14.8. The first kappa shape index (κ1) is 21.2. The van der Waals surface area contributed by atoms with E-state index in [2.05, 4.69) is 10.6 Å². The molecule has 0 aromatic heterocycles. The number of aryl methyl sites for hydroxylation is 1. The molecule has 1 fully saturated rings. The van der Waals surface area contributed by atoms with Gasteiger partial charge in [0, 0.05) is 5.69 Å². The maximum Gasteiger partial charge on any atom is 0.329 e.